The maximum absolute atomic E-state index is 14.2. The van der Waals surface area contributed by atoms with E-state index in [1.54, 1.807) is 30.3 Å². The molecular formula is C27H21FN2O4S. The fourth-order valence-electron chi connectivity index (χ4n) is 4.18. The standard InChI is InChI=1S/C27H21FN2O4S/c1-3-34-19-10-8-16(9-11-19)24(31)22-23(17-5-4-6-18(28)14-17)30(26(33)25(22)32)27-29-20-12-7-15(2)13-21(20)35-27/h4-14,23,31H,3H2,1-2H3/t23-/m0/s1. The molecule has 4 aromatic rings. The fourth-order valence-corrected chi connectivity index (χ4v) is 5.27. The number of rotatable bonds is 5. The molecule has 0 saturated carbocycles. The molecule has 1 aromatic heterocycles. The van der Waals surface area contributed by atoms with Crippen molar-refractivity contribution < 1.29 is 23.8 Å². The largest absolute Gasteiger partial charge is 0.507 e. The summed E-state index contributed by atoms with van der Waals surface area (Å²) in [5.41, 5.74) is 2.29. The first-order valence-corrected chi connectivity index (χ1v) is 11.9. The first kappa shape index (κ1) is 22.7. The summed E-state index contributed by atoms with van der Waals surface area (Å²) in [6.45, 7) is 4.30. The van der Waals surface area contributed by atoms with E-state index in [1.807, 2.05) is 32.0 Å². The molecule has 0 spiro atoms. The average molecular weight is 489 g/mol. The average Bonchev–Trinajstić information content (AvgIpc) is 3.37. The number of nitrogens with zero attached hydrogens (tertiary/aromatic N) is 2. The Balaban J connectivity index is 1.69. The molecule has 0 bridgehead atoms. The molecule has 5 rings (SSSR count). The lowest BCUT2D eigenvalue weighted by molar-refractivity contribution is -0.132. The van der Waals surface area contributed by atoms with Gasteiger partial charge in [-0.15, -0.1) is 0 Å². The number of ketones is 1. The van der Waals surface area contributed by atoms with Crippen LogP contribution in [-0.4, -0.2) is 28.4 Å². The highest BCUT2D eigenvalue weighted by atomic mass is 32.1. The van der Waals surface area contributed by atoms with Crippen LogP contribution in [0, 0.1) is 12.7 Å². The minimum absolute atomic E-state index is 0.125. The van der Waals surface area contributed by atoms with Gasteiger partial charge in [-0.2, -0.15) is 0 Å². The monoisotopic (exact) mass is 488 g/mol. The van der Waals surface area contributed by atoms with E-state index in [2.05, 4.69) is 4.98 Å². The number of Topliss-reactive ketones (excluding diaryl/α,β-unsaturated/α-hetero) is 1. The summed E-state index contributed by atoms with van der Waals surface area (Å²) >= 11 is 1.26. The first-order valence-electron chi connectivity index (χ1n) is 11.0. The number of aliphatic hydroxyl groups is 1. The number of ether oxygens (including phenoxy) is 1. The number of aliphatic hydroxyl groups excluding tert-OH is 1. The number of amides is 1. The molecule has 1 aliphatic rings. The van der Waals surface area contributed by atoms with Gasteiger partial charge in [0.05, 0.1) is 28.4 Å². The zero-order valence-electron chi connectivity index (χ0n) is 19.0. The number of anilines is 1. The molecule has 2 heterocycles. The van der Waals surface area contributed by atoms with Crippen molar-refractivity contribution in [1.82, 2.24) is 4.98 Å². The summed E-state index contributed by atoms with van der Waals surface area (Å²) in [4.78, 5) is 32.4. The van der Waals surface area contributed by atoms with E-state index in [-0.39, 0.29) is 11.3 Å². The van der Waals surface area contributed by atoms with Crippen molar-refractivity contribution in [3.63, 3.8) is 0 Å². The molecule has 35 heavy (non-hydrogen) atoms. The predicted octanol–water partition coefficient (Wildman–Crippen LogP) is 5.77. The molecule has 176 valence electrons. The summed E-state index contributed by atoms with van der Waals surface area (Å²) < 4.78 is 20.5. The predicted molar refractivity (Wildman–Crippen MR) is 133 cm³/mol. The van der Waals surface area contributed by atoms with E-state index in [1.165, 1.54) is 34.4 Å². The van der Waals surface area contributed by atoms with Gasteiger partial charge in [-0.1, -0.05) is 29.5 Å². The summed E-state index contributed by atoms with van der Waals surface area (Å²) in [5.74, 6) is -1.95. The highest BCUT2D eigenvalue weighted by Gasteiger charge is 2.48. The van der Waals surface area contributed by atoms with Gasteiger partial charge in [0, 0.05) is 5.56 Å². The van der Waals surface area contributed by atoms with Crippen LogP contribution in [0.1, 0.15) is 29.7 Å². The smallest absolute Gasteiger partial charge is 0.301 e. The van der Waals surface area contributed by atoms with Crippen LogP contribution in [0.3, 0.4) is 0 Å². The highest BCUT2D eigenvalue weighted by Crippen LogP contribution is 2.44. The van der Waals surface area contributed by atoms with Crippen molar-refractivity contribution in [3.8, 4) is 5.75 Å². The summed E-state index contributed by atoms with van der Waals surface area (Å²) in [5, 5.41) is 11.5. The number of fused-ring (bicyclic) bond motifs is 1. The topological polar surface area (TPSA) is 79.7 Å². The van der Waals surface area contributed by atoms with Crippen LogP contribution in [0.5, 0.6) is 5.75 Å². The Labute approximate surface area is 204 Å². The molecule has 3 aromatic carbocycles. The van der Waals surface area contributed by atoms with Crippen molar-refractivity contribution in [2.24, 2.45) is 0 Å². The van der Waals surface area contributed by atoms with E-state index < -0.39 is 23.5 Å². The van der Waals surface area contributed by atoms with Gasteiger partial charge in [0.15, 0.2) is 5.13 Å². The minimum Gasteiger partial charge on any atom is -0.507 e. The third-order valence-corrected chi connectivity index (χ3v) is 6.80. The fraction of sp³-hybridized carbons (Fsp3) is 0.148. The van der Waals surface area contributed by atoms with E-state index in [0.717, 1.165) is 10.3 Å². The molecule has 1 fully saturated rings. The van der Waals surface area contributed by atoms with Gasteiger partial charge in [-0.05, 0) is 73.5 Å². The van der Waals surface area contributed by atoms with Crippen LogP contribution in [0.4, 0.5) is 9.52 Å². The number of thiazole rings is 1. The zero-order chi connectivity index (χ0) is 24.7. The molecule has 6 nitrogen and oxygen atoms in total. The Morgan fingerprint density at radius 1 is 1.11 bits per heavy atom. The van der Waals surface area contributed by atoms with Crippen molar-refractivity contribution >= 4 is 44.1 Å². The third-order valence-electron chi connectivity index (χ3n) is 5.79. The van der Waals surface area contributed by atoms with Crippen LogP contribution < -0.4 is 9.64 Å². The lowest BCUT2D eigenvalue weighted by atomic mass is 9.95. The number of hydrogen-bond acceptors (Lipinski definition) is 6. The minimum atomic E-state index is -1.04. The number of carbonyl (C=O) groups is 2. The van der Waals surface area contributed by atoms with E-state index >= 15 is 0 Å². The summed E-state index contributed by atoms with van der Waals surface area (Å²) in [6.07, 6.45) is 0. The van der Waals surface area contributed by atoms with Crippen molar-refractivity contribution in [1.29, 1.82) is 0 Å². The van der Waals surface area contributed by atoms with Gasteiger partial charge in [-0.3, -0.25) is 14.5 Å². The molecule has 0 unspecified atom stereocenters. The third kappa shape index (κ3) is 4.06. The molecule has 0 aliphatic carbocycles. The van der Waals surface area contributed by atoms with Gasteiger partial charge >= 0.3 is 5.91 Å². The number of aryl methyl sites for hydroxylation is 1. The summed E-state index contributed by atoms with van der Waals surface area (Å²) in [7, 11) is 0. The number of aromatic nitrogens is 1. The highest BCUT2D eigenvalue weighted by molar-refractivity contribution is 7.22. The number of benzene rings is 3. The molecule has 1 aliphatic heterocycles. The Kier molecular flexibility index (Phi) is 5.82. The van der Waals surface area contributed by atoms with E-state index in [0.29, 0.717) is 34.1 Å². The van der Waals surface area contributed by atoms with E-state index in [4.69, 9.17) is 4.74 Å². The molecule has 1 amide bonds. The summed E-state index contributed by atoms with van der Waals surface area (Å²) in [6, 6.07) is 16.9. The Bertz CT molecular complexity index is 1490. The van der Waals surface area contributed by atoms with Gasteiger partial charge in [0.2, 0.25) is 0 Å². The van der Waals surface area contributed by atoms with Gasteiger partial charge in [0.25, 0.3) is 5.78 Å². The second kappa shape index (κ2) is 8.96. The zero-order valence-corrected chi connectivity index (χ0v) is 19.8. The van der Waals surface area contributed by atoms with Gasteiger partial charge in [0.1, 0.15) is 17.3 Å². The molecule has 8 heteroatoms. The molecule has 1 saturated heterocycles. The molecule has 0 radical (unpaired) electrons. The maximum atomic E-state index is 14.2. The van der Waals surface area contributed by atoms with Crippen LogP contribution in [0.25, 0.3) is 16.0 Å². The molecular weight excluding hydrogens is 467 g/mol. The van der Waals surface area contributed by atoms with Crippen LogP contribution in [0.15, 0.2) is 72.3 Å². The van der Waals surface area contributed by atoms with Gasteiger partial charge < -0.3 is 9.84 Å². The molecule has 1 N–H and O–H groups in total. The Hall–Kier alpha value is -4.04. The van der Waals surface area contributed by atoms with Crippen molar-refractivity contribution in [3.05, 3.63) is 94.8 Å². The van der Waals surface area contributed by atoms with E-state index in [9.17, 15) is 19.1 Å². The van der Waals surface area contributed by atoms with Crippen LogP contribution in [0.2, 0.25) is 0 Å². The first-order chi connectivity index (χ1) is 16.9. The normalized spacial score (nSPS) is 17.3. The maximum Gasteiger partial charge on any atom is 0.301 e. The number of hydrogen-bond donors (Lipinski definition) is 1. The van der Waals surface area contributed by atoms with Crippen LogP contribution >= 0.6 is 11.3 Å². The van der Waals surface area contributed by atoms with Crippen molar-refractivity contribution in [2.75, 3.05) is 11.5 Å². The SMILES string of the molecule is CCOc1ccc(C(O)=C2C(=O)C(=O)N(c3nc4ccc(C)cc4s3)[C@H]2c2cccc(F)c2)cc1. The van der Waals surface area contributed by atoms with Crippen molar-refractivity contribution in [2.45, 2.75) is 19.9 Å². The van der Waals surface area contributed by atoms with Crippen LogP contribution in [-0.2, 0) is 9.59 Å². The number of carbonyl (C=O) groups excluding carboxylic acids is 2. The quantitative estimate of drug-likeness (QED) is 0.219. The Morgan fingerprint density at radius 3 is 2.60 bits per heavy atom. The second-order valence-corrected chi connectivity index (χ2v) is 9.16. The lowest BCUT2D eigenvalue weighted by Crippen LogP contribution is -2.29. The Morgan fingerprint density at radius 2 is 1.89 bits per heavy atom. The lowest BCUT2D eigenvalue weighted by Gasteiger charge is -2.23. The van der Waals surface area contributed by atoms with Gasteiger partial charge in [-0.25, -0.2) is 9.37 Å². The number of halogens is 1. The second-order valence-electron chi connectivity index (χ2n) is 8.15. The molecule has 1 atom stereocenters.